The van der Waals surface area contributed by atoms with Gasteiger partial charge in [0.1, 0.15) is 0 Å². The Morgan fingerprint density at radius 2 is 1.92 bits per heavy atom. The lowest BCUT2D eigenvalue weighted by Gasteiger charge is -2.07. The number of thiazole rings is 1. The van der Waals surface area contributed by atoms with Gasteiger partial charge in [0, 0.05) is 22.2 Å². The maximum Gasteiger partial charge on any atom is 0.255 e. The van der Waals surface area contributed by atoms with E-state index >= 15 is 0 Å². The van der Waals surface area contributed by atoms with Crippen LogP contribution in [0, 0.1) is 6.92 Å². The van der Waals surface area contributed by atoms with E-state index in [1.165, 1.54) is 0 Å². The van der Waals surface area contributed by atoms with E-state index in [0.717, 1.165) is 22.0 Å². The standard InChI is InChI=1S/C18H14N2O3S/c1-11-19-15(9-24-11)12-2-5-14(6-3-12)20-18(21)13-4-7-16-17(8-13)23-10-22-16/h2-9H,10H2,1H3,(H,20,21). The molecule has 120 valence electrons. The number of carbonyl (C=O) groups excluding carboxylic acids is 1. The second-order valence-electron chi connectivity index (χ2n) is 5.35. The number of hydrogen-bond acceptors (Lipinski definition) is 5. The fraction of sp³-hybridized carbons (Fsp3) is 0.111. The van der Waals surface area contributed by atoms with Crippen LogP contribution >= 0.6 is 11.3 Å². The van der Waals surface area contributed by atoms with E-state index < -0.39 is 0 Å². The summed E-state index contributed by atoms with van der Waals surface area (Å²) in [5.74, 6) is 1.07. The van der Waals surface area contributed by atoms with E-state index in [1.807, 2.05) is 36.6 Å². The van der Waals surface area contributed by atoms with Gasteiger partial charge in [-0.3, -0.25) is 4.79 Å². The monoisotopic (exact) mass is 338 g/mol. The van der Waals surface area contributed by atoms with Crippen molar-refractivity contribution >= 4 is 22.9 Å². The first-order valence-electron chi connectivity index (χ1n) is 7.42. The van der Waals surface area contributed by atoms with Crippen molar-refractivity contribution in [1.29, 1.82) is 0 Å². The van der Waals surface area contributed by atoms with Crippen LogP contribution < -0.4 is 14.8 Å². The van der Waals surface area contributed by atoms with Crippen molar-refractivity contribution in [2.24, 2.45) is 0 Å². The number of benzene rings is 2. The van der Waals surface area contributed by atoms with Gasteiger partial charge in [-0.1, -0.05) is 12.1 Å². The minimum absolute atomic E-state index is 0.189. The molecule has 1 N–H and O–H groups in total. The van der Waals surface area contributed by atoms with Crippen LogP contribution in [0.4, 0.5) is 5.69 Å². The Morgan fingerprint density at radius 3 is 2.67 bits per heavy atom. The zero-order valence-electron chi connectivity index (χ0n) is 12.9. The molecule has 6 heteroatoms. The van der Waals surface area contributed by atoms with Crippen LogP contribution in [0.15, 0.2) is 47.8 Å². The van der Waals surface area contributed by atoms with Gasteiger partial charge in [0.05, 0.1) is 10.7 Å². The molecule has 2 heterocycles. The summed E-state index contributed by atoms with van der Waals surface area (Å²) < 4.78 is 10.5. The van der Waals surface area contributed by atoms with Crippen molar-refractivity contribution < 1.29 is 14.3 Å². The van der Waals surface area contributed by atoms with Crippen LogP contribution in [0.1, 0.15) is 15.4 Å². The SMILES string of the molecule is Cc1nc(-c2ccc(NC(=O)c3ccc4c(c3)OCO4)cc2)cs1. The Kier molecular flexibility index (Phi) is 3.66. The van der Waals surface area contributed by atoms with Crippen molar-refractivity contribution in [3.05, 3.63) is 58.4 Å². The summed E-state index contributed by atoms with van der Waals surface area (Å²) in [5, 5.41) is 5.94. The van der Waals surface area contributed by atoms with E-state index in [0.29, 0.717) is 17.1 Å². The van der Waals surface area contributed by atoms with Crippen LogP contribution in [0.5, 0.6) is 11.5 Å². The minimum Gasteiger partial charge on any atom is -0.454 e. The predicted molar refractivity (Wildman–Crippen MR) is 92.8 cm³/mol. The molecule has 0 spiro atoms. The first-order chi connectivity index (χ1) is 11.7. The summed E-state index contributed by atoms with van der Waals surface area (Å²) in [6.07, 6.45) is 0. The molecule has 5 nitrogen and oxygen atoms in total. The Bertz CT molecular complexity index is 903. The Balaban J connectivity index is 1.49. The Labute approximate surface area is 142 Å². The zero-order valence-corrected chi connectivity index (χ0v) is 13.7. The van der Waals surface area contributed by atoms with Crippen LogP contribution in [-0.4, -0.2) is 17.7 Å². The van der Waals surface area contributed by atoms with Gasteiger partial charge in [-0.25, -0.2) is 4.98 Å². The molecule has 24 heavy (non-hydrogen) atoms. The summed E-state index contributed by atoms with van der Waals surface area (Å²) in [7, 11) is 0. The molecule has 0 fully saturated rings. The number of rotatable bonds is 3. The molecule has 1 aliphatic rings. The molecule has 4 rings (SSSR count). The molecule has 1 aromatic heterocycles. The van der Waals surface area contributed by atoms with E-state index in [4.69, 9.17) is 9.47 Å². The van der Waals surface area contributed by atoms with E-state index in [-0.39, 0.29) is 12.7 Å². The molecule has 1 aliphatic heterocycles. The molecule has 1 amide bonds. The predicted octanol–water partition coefficient (Wildman–Crippen LogP) is 4.10. The van der Waals surface area contributed by atoms with Crippen molar-refractivity contribution in [3.63, 3.8) is 0 Å². The number of nitrogens with zero attached hydrogens (tertiary/aromatic N) is 1. The number of amides is 1. The number of anilines is 1. The smallest absolute Gasteiger partial charge is 0.255 e. The summed E-state index contributed by atoms with van der Waals surface area (Å²) in [4.78, 5) is 16.8. The van der Waals surface area contributed by atoms with Gasteiger partial charge in [0.15, 0.2) is 11.5 Å². The maximum atomic E-state index is 12.4. The summed E-state index contributed by atoms with van der Waals surface area (Å²) in [6.45, 7) is 2.17. The second-order valence-corrected chi connectivity index (χ2v) is 6.41. The lowest BCUT2D eigenvalue weighted by atomic mass is 10.1. The molecular weight excluding hydrogens is 324 g/mol. The third-order valence-electron chi connectivity index (χ3n) is 3.69. The molecule has 0 bridgehead atoms. The second kappa shape index (κ2) is 5.98. The number of ether oxygens (including phenoxy) is 2. The lowest BCUT2D eigenvalue weighted by Crippen LogP contribution is -2.11. The van der Waals surface area contributed by atoms with Gasteiger partial charge in [-0.2, -0.15) is 0 Å². The van der Waals surface area contributed by atoms with Gasteiger partial charge in [-0.15, -0.1) is 11.3 Å². The lowest BCUT2D eigenvalue weighted by molar-refractivity contribution is 0.102. The molecule has 0 aliphatic carbocycles. The molecule has 0 unspecified atom stereocenters. The Morgan fingerprint density at radius 1 is 1.12 bits per heavy atom. The maximum absolute atomic E-state index is 12.4. The minimum atomic E-state index is -0.189. The van der Waals surface area contributed by atoms with Gasteiger partial charge < -0.3 is 14.8 Å². The summed E-state index contributed by atoms with van der Waals surface area (Å²) >= 11 is 1.62. The highest BCUT2D eigenvalue weighted by Crippen LogP contribution is 2.32. The van der Waals surface area contributed by atoms with Gasteiger partial charge in [-0.05, 0) is 37.3 Å². The molecule has 0 saturated carbocycles. The van der Waals surface area contributed by atoms with Crippen LogP contribution in [0.2, 0.25) is 0 Å². The highest BCUT2D eigenvalue weighted by Gasteiger charge is 2.16. The average Bonchev–Trinajstić information content (AvgIpc) is 3.23. The molecule has 0 saturated heterocycles. The molecular formula is C18H14N2O3S. The number of aryl methyl sites for hydroxylation is 1. The summed E-state index contributed by atoms with van der Waals surface area (Å²) in [6, 6.07) is 12.8. The van der Waals surface area contributed by atoms with Crippen LogP contribution in [0.3, 0.4) is 0 Å². The highest BCUT2D eigenvalue weighted by atomic mass is 32.1. The van der Waals surface area contributed by atoms with Crippen LogP contribution in [-0.2, 0) is 0 Å². The Hall–Kier alpha value is -2.86. The van der Waals surface area contributed by atoms with E-state index in [2.05, 4.69) is 10.3 Å². The van der Waals surface area contributed by atoms with Crippen LogP contribution in [0.25, 0.3) is 11.3 Å². The number of fused-ring (bicyclic) bond motifs is 1. The van der Waals surface area contributed by atoms with E-state index in [9.17, 15) is 4.79 Å². The molecule has 2 aromatic carbocycles. The fourth-order valence-corrected chi connectivity index (χ4v) is 3.08. The molecule has 0 radical (unpaired) electrons. The van der Waals surface area contributed by atoms with Crippen molar-refractivity contribution in [2.45, 2.75) is 6.92 Å². The number of aromatic nitrogens is 1. The van der Waals surface area contributed by atoms with Crippen molar-refractivity contribution in [2.75, 3.05) is 12.1 Å². The molecule has 0 atom stereocenters. The number of nitrogens with one attached hydrogen (secondary N) is 1. The normalized spacial score (nSPS) is 12.2. The van der Waals surface area contributed by atoms with Gasteiger partial charge in [0.25, 0.3) is 5.91 Å². The van der Waals surface area contributed by atoms with Gasteiger partial charge in [0.2, 0.25) is 6.79 Å². The third kappa shape index (κ3) is 2.83. The van der Waals surface area contributed by atoms with Gasteiger partial charge >= 0.3 is 0 Å². The first-order valence-corrected chi connectivity index (χ1v) is 8.30. The number of hydrogen-bond donors (Lipinski definition) is 1. The average molecular weight is 338 g/mol. The first kappa shape index (κ1) is 14.7. The molecule has 3 aromatic rings. The fourth-order valence-electron chi connectivity index (χ4n) is 2.46. The topological polar surface area (TPSA) is 60.5 Å². The quantitative estimate of drug-likeness (QED) is 0.781. The number of carbonyl (C=O) groups is 1. The van der Waals surface area contributed by atoms with Crippen molar-refractivity contribution in [3.8, 4) is 22.8 Å². The third-order valence-corrected chi connectivity index (χ3v) is 4.47. The summed E-state index contributed by atoms with van der Waals surface area (Å²) in [5.41, 5.74) is 3.23. The van der Waals surface area contributed by atoms with Crippen molar-refractivity contribution in [1.82, 2.24) is 4.98 Å². The zero-order chi connectivity index (χ0) is 16.5. The largest absolute Gasteiger partial charge is 0.454 e. The highest BCUT2D eigenvalue weighted by molar-refractivity contribution is 7.09. The van der Waals surface area contributed by atoms with E-state index in [1.54, 1.807) is 29.5 Å².